The molecule has 1 aromatic carbocycles. The topological polar surface area (TPSA) is 147 Å². The Hall–Kier alpha value is -3.29. The molecule has 0 radical (unpaired) electrons. The van der Waals surface area contributed by atoms with Crippen LogP contribution in [0.4, 0.5) is 5.82 Å². The summed E-state index contributed by atoms with van der Waals surface area (Å²) in [5.74, 6) is 2.86. The van der Waals surface area contributed by atoms with Crippen LogP contribution >= 0.6 is 0 Å². The van der Waals surface area contributed by atoms with Crippen LogP contribution in [0, 0.1) is 5.41 Å². The molecule has 0 unspecified atom stereocenters. The largest absolute Gasteiger partial charge is 0.493 e. The minimum Gasteiger partial charge on any atom is -0.493 e. The zero-order valence-electron chi connectivity index (χ0n) is 22.5. The molecule has 0 bridgehead atoms. The van der Waals surface area contributed by atoms with Crippen molar-refractivity contribution in [3.8, 4) is 28.7 Å². The second-order valence-corrected chi connectivity index (χ2v) is 12.2. The van der Waals surface area contributed by atoms with Crippen LogP contribution in [0.25, 0.3) is 22.9 Å². The van der Waals surface area contributed by atoms with Crippen LogP contribution in [0.5, 0.6) is 5.75 Å². The maximum Gasteiger partial charge on any atom is 0.240 e. The van der Waals surface area contributed by atoms with Crippen molar-refractivity contribution in [1.82, 2.24) is 34.4 Å². The number of hydrogen-bond donors (Lipinski definition) is 3. The van der Waals surface area contributed by atoms with Crippen LogP contribution in [0.2, 0.25) is 0 Å². The zero-order valence-corrected chi connectivity index (χ0v) is 23.4. The Balaban J connectivity index is 1.68. The van der Waals surface area contributed by atoms with E-state index in [1.807, 2.05) is 44.3 Å². The zero-order chi connectivity index (χ0) is 27.5. The third-order valence-corrected chi connectivity index (χ3v) is 7.51. The lowest BCUT2D eigenvalue weighted by Crippen LogP contribution is -2.39. The lowest BCUT2D eigenvalue weighted by atomic mass is 9.93. The van der Waals surface area contributed by atoms with Gasteiger partial charge in [0.25, 0.3) is 0 Å². The Labute approximate surface area is 223 Å². The number of benzene rings is 1. The number of fused-ring (bicyclic) bond motifs is 3. The van der Waals surface area contributed by atoms with Crippen LogP contribution in [-0.4, -0.2) is 78.1 Å². The number of aldehydes is 1. The fraction of sp³-hybridized carbons (Fsp3) is 0.520. The molecule has 38 heavy (non-hydrogen) atoms. The molecule has 3 heterocycles. The number of rotatable bonds is 13. The predicted octanol–water partition coefficient (Wildman–Crippen LogP) is 2.50. The number of carbonyl (C=O) groups is 1. The molecule has 1 aliphatic heterocycles. The van der Waals surface area contributed by atoms with E-state index in [2.05, 4.69) is 25.2 Å². The molecule has 4 rings (SSSR count). The van der Waals surface area contributed by atoms with Gasteiger partial charge in [0.15, 0.2) is 11.6 Å². The number of sulfonamides is 1. The Morgan fingerprint density at radius 1 is 1.26 bits per heavy atom. The average Bonchev–Trinajstić information content (AvgIpc) is 3.48. The van der Waals surface area contributed by atoms with Gasteiger partial charge >= 0.3 is 0 Å². The second kappa shape index (κ2) is 11.2. The van der Waals surface area contributed by atoms with Crippen molar-refractivity contribution >= 4 is 22.1 Å². The molecule has 0 atom stereocenters. The van der Waals surface area contributed by atoms with E-state index >= 15 is 0 Å². The van der Waals surface area contributed by atoms with Gasteiger partial charge in [0.1, 0.15) is 29.4 Å². The number of hydrogen-bond acceptors (Lipinski definition) is 9. The minimum absolute atomic E-state index is 0.124. The fourth-order valence-electron chi connectivity index (χ4n) is 4.49. The van der Waals surface area contributed by atoms with Gasteiger partial charge in [-0.05, 0) is 44.1 Å². The van der Waals surface area contributed by atoms with Crippen LogP contribution in [0.15, 0.2) is 23.1 Å². The van der Waals surface area contributed by atoms with Gasteiger partial charge in [0, 0.05) is 25.9 Å². The Bertz CT molecular complexity index is 1390. The van der Waals surface area contributed by atoms with Crippen LogP contribution < -0.4 is 14.8 Å². The van der Waals surface area contributed by atoms with Crippen molar-refractivity contribution in [2.75, 3.05) is 39.1 Å². The maximum absolute atomic E-state index is 13.3. The summed E-state index contributed by atoms with van der Waals surface area (Å²) < 4.78 is 37.1. The van der Waals surface area contributed by atoms with Crippen LogP contribution in [-0.2, 0) is 27.9 Å². The highest BCUT2D eigenvalue weighted by Crippen LogP contribution is 2.36. The lowest BCUT2D eigenvalue weighted by molar-refractivity contribution is -0.107. The Morgan fingerprint density at radius 2 is 2.05 bits per heavy atom. The summed E-state index contributed by atoms with van der Waals surface area (Å²) >= 11 is 0. The van der Waals surface area contributed by atoms with Gasteiger partial charge in [-0.25, -0.2) is 18.1 Å². The highest BCUT2D eigenvalue weighted by Gasteiger charge is 2.28. The molecule has 1 aliphatic rings. The first-order chi connectivity index (χ1) is 18.0. The number of nitrogens with one attached hydrogen (secondary N) is 3. The molecule has 0 fully saturated rings. The third kappa shape index (κ3) is 6.05. The Kier molecular flexibility index (Phi) is 8.19. The molecule has 0 aliphatic carbocycles. The molecule has 12 nitrogen and oxygen atoms in total. The van der Waals surface area contributed by atoms with Crippen molar-refractivity contribution in [3.05, 3.63) is 24.0 Å². The minimum atomic E-state index is -3.79. The normalized spacial score (nSPS) is 13.2. The molecular weight excluding hydrogens is 508 g/mol. The third-order valence-electron chi connectivity index (χ3n) is 6.11. The molecule has 0 amide bonds. The first kappa shape index (κ1) is 27.7. The first-order valence-corrected chi connectivity index (χ1v) is 14.1. The molecular formula is C25H36N8O4S. The van der Waals surface area contributed by atoms with Gasteiger partial charge in [-0.15, -0.1) is 10.2 Å². The molecule has 206 valence electrons. The van der Waals surface area contributed by atoms with Gasteiger partial charge in [-0.2, -0.15) is 0 Å². The number of imidazole rings is 1. The molecule has 3 aromatic rings. The number of nitrogens with zero attached hydrogens (tertiary/aromatic N) is 5. The van der Waals surface area contributed by atoms with E-state index in [0.717, 1.165) is 19.3 Å². The summed E-state index contributed by atoms with van der Waals surface area (Å²) in [6.45, 7) is 7.95. The second-order valence-electron chi connectivity index (χ2n) is 10.5. The summed E-state index contributed by atoms with van der Waals surface area (Å²) in [7, 11) is 0.135. The van der Waals surface area contributed by atoms with E-state index in [1.165, 1.54) is 0 Å². The van der Waals surface area contributed by atoms with E-state index in [4.69, 9.17) is 9.72 Å². The molecule has 0 saturated carbocycles. The van der Waals surface area contributed by atoms with Crippen molar-refractivity contribution in [2.45, 2.75) is 51.6 Å². The number of H-pyrrole nitrogens is 1. The summed E-state index contributed by atoms with van der Waals surface area (Å²) in [6, 6.07) is 4.79. The van der Waals surface area contributed by atoms with E-state index in [-0.39, 0.29) is 16.9 Å². The van der Waals surface area contributed by atoms with Crippen molar-refractivity contribution in [1.29, 1.82) is 0 Å². The van der Waals surface area contributed by atoms with Gasteiger partial charge in [-0.3, -0.25) is 4.57 Å². The summed E-state index contributed by atoms with van der Waals surface area (Å²) in [4.78, 5) is 20.9. The molecule has 3 N–H and O–H groups in total. The number of aromatic nitrogens is 5. The highest BCUT2D eigenvalue weighted by molar-refractivity contribution is 7.89. The van der Waals surface area contributed by atoms with E-state index < -0.39 is 10.0 Å². The number of carbonyl (C=O) groups excluding carboxylic acids is 1. The molecule has 0 saturated heterocycles. The lowest BCUT2D eigenvalue weighted by Gasteiger charge is -2.28. The quantitative estimate of drug-likeness (QED) is 0.276. The number of aromatic amines is 1. The number of anilines is 1. The summed E-state index contributed by atoms with van der Waals surface area (Å²) in [5.41, 5.74) is 0.905. The molecule has 0 spiro atoms. The van der Waals surface area contributed by atoms with Crippen molar-refractivity contribution in [2.24, 2.45) is 5.41 Å². The van der Waals surface area contributed by atoms with Gasteiger partial charge in [0.05, 0.1) is 23.7 Å². The molecule has 13 heteroatoms. The number of ether oxygens (including phenoxy) is 1. The van der Waals surface area contributed by atoms with Crippen LogP contribution in [0.1, 0.15) is 39.4 Å². The van der Waals surface area contributed by atoms with Gasteiger partial charge in [0.2, 0.25) is 10.0 Å². The monoisotopic (exact) mass is 544 g/mol. The van der Waals surface area contributed by atoms with Crippen molar-refractivity contribution < 1.29 is 17.9 Å². The van der Waals surface area contributed by atoms with Crippen LogP contribution in [0.3, 0.4) is 0 Å². The summed E-state index contributed by atoms with van der Waals surface area (Å²) in [6.07, 6.45) is 2.50. The van der Waals surface area contributed by atoms with Gasteiger partial charge < -0.3 is 24.7 Å². The summed E-state index contributed by atoms with van der Waals surface area (Å²) in [5, 5.41) is 11.8. The number of aryl methyl sites for hydroxylation is 1. The fourth-order valence-corrected chi connectivity index (χ4v) is 5.76. The van der Waals surface area contributed by atoms with E-state index in [0.29, 0.717) is 66.4 Å². The Morgan fingerprint density at radius 3 is 2.76 bits per heavy atom. The average molecular weight is 545 g/mol. The van der Waals surface area contributed by atoms with Gasteiger partial charge in [-0.1, -0.05) is 20.8 Å². The molecule has 2 aromatic heterocycles. The SMILES string of the molecule is CCCOc1ccc(S(=O)(=O)NCC(C)(C)CN(C)C)cc1-c1nc2c([nH]1)-c1nnc(CCC=O)n1CN2. The first-order valence-electron chi connectivity index (χ1n) is 12.7. The van der Waals surface area contributed by atoms with Crippen molar-refractivity contribution in [3.63, 3.8) is 0 Å². The smallest absolute Gasteiger partial charge is 0.240 e. The van der Waals surface area contributed by atoms with E-state index in [9.17, 15) is 13.2 Å². The maximum atomic E-state index is 13.3. The standard InChI is InChI=1S/C25H36N8O4S/c1-6-12-37-19-10-9-17(38(35,36)27-14-25(2,3)15-32(4)5)13-18(19)22-28-21-23(29-22)26-16-33-20(8-7-11-34)30-31-24(21)33/h9-11,13,26-27H,6-8,12,14-16H2,1-5H3,(H,28,29). The van der Waals surface area contributed by atoms with E-state index in [1.54, 1.807) is 18.2 Å². The highest BCUT2D eigenvalue weighted by atomic mass is 32.2. The predicted molar refractivity (Wildman–Crippen MR) is 144 cm³/mol.